The molecule has 0 spiro atoms. The van der Waals surface area contributed by atoms with Crippen molar-refractivity contribution >= 4 is 32.9 Å². The second-order valence-corrected chi connectivity index (χ2v) is 23.5. The summed E-state index contributed by atoms with van der Waals surface area (Å²) in [6.45, 7) is 10.9. The first-order valence-corrected chi connectivity index (χ1v) is 21.4. The molecule has 0 N–H and O–H groups in total. The fourth-order valence-electron chi connectivity index (χ4n) is 5.46. The molecule has 3 aromatic rings. The molecule has 0 aliphatic carbocycles. The van der Waals surface area contributed by atoms with Crippen molar-refractivity contribution in [1.29, 1.82) is 0 Å². The molecular weight excluding hydrogens is 557 g/mol. The van der Waals surface area contributed by atoms with E-state index in [1.54, 1.807) is 10.6 Å². The molecule has 36 heavy (non-hydrogen) atoms. The number of benzene rings is 1. The van der Waals surface area contributed by atoms with Gasteiger partial charge >= 0.3 is 221 Å². The van der Waals surface area contributed by atoms with E-state index in [0.29, 0.717) is 16.9 Å². The third-order valence-corrected chi connectivity index (χ3v) is 23.3. The van der Waals surface area contributed by atoms with E-state index in [2.05, 4.69) is 56.1 Å². The van der Waals surface area contributed by atoms with E-state index in [9.17, 15) is 4.79 Å². The van der Waals surface area contributed by atoms with Gasteiger partial charge in [0.15, 0.2) is 0 Å². The molecule has 0 amide bonds. The number of aromatic nitrogens is 3. The molecule has 0 atom stereocenters. The Hall–Kier alpha value is -1.83. The topological polar surface area (TPSA) is 74.1 Å². The minimum atomic E-state index is -2.78. The Morgan fingerprint density at radius 2 is 1.61 bits per heavy atom. The van der Waals surface area contributed by atoms with Crippen molar-refractivity contribution in [1.82, 2.24) is 14.9 Å². The molecule has 1 aromatic carbocycles. The van der Waals surface area contributed by atoms with Gasteiger partial charge in [-0.3, -0.25) is 0 Å². The van der Waals surface area contributed by atoms with E-state index in [-0.39, 0.29) is 5.56 Å². The van der Waals surface area contributed by atoms with Gasteiger partial charge in [0.2, 0.25) is 0 Å². The Balaban J connectivity index is 2.08. The summed E-state index contributed by atoms with van der Waals surface area (Å²) in [5.41, 5.74) is 2.99. The molecule has 0 saturated heterocycles. The van der Waals surface area contributed by atoms with Crippen LogP contribution in [0.4, 0.5) is 0 Å². The van der Waals surface area contributed by atoms with E-state index in [1.807, 2.05) is 6.92 Å². The van der Waals surface area contributed by atoms with E-state index in [4.69, 9.17) is 8.94 Å². The van der Waals surface area contributed by atoms with E-state index in [0.717, 1.165) is 30.7 Å². The molecule has 0 fully saturated rings. The van der Waals surface area contributed by atoms with Gasteiger partial charge in [-0.15, -0.1) is 0 Å². The Kier molecular flexibility index (Phi) is 10.9. The van der Waals surface area contributed by atoms with Gasteiger partial charge in [0.1, 0.15) is 0 Å². The maximum atomic E-state index is 12.9. The molecular formula is C29H45N3O3Sn. The Labute approximate surface area is 220 Å². The van der Waals surface area contributed by atoms with Gasteiger partial charge in [-0.05, 0) is 0 Å². The average molecular weight is 602 g/mol. The Morgan fingerprint density at radius 1 is 0.972 bits per heavy atom. The van der Waals surface area contributed by atoms with Crippen molar-refractivity contribution < 1.29 is 8.94 Å². The summed E-state index contributed by atoms with van der Waals surface area (Å²) >= 11 is -2.78. The van der Waals surface area contributed by atoms with Crippen molar-refractivity contribution in [3.63, 3.8) is 0 Å². The van der Waals surface area contributed by atoms with Gasteiger partial charge in [-0.2, -0.15) is 0 Å². The SMILES string of the molecule is CCC[CH2][Sn]([CH2]CCC)([CH2]CCC)/[C](=C/CCCc1nnc(C)o1)c1cc(C)c2on(C)c(=O)c2c1. The van der Waals surface area contributed by atoms with E-state index in [1.165, 1.54) is 62.1 Å². The van der Waals surface area contributed by atoms with Crippen LogP contribution in [0.5, 0.6) is 0 Å². The number of fused-ring (bicyclic) bond motifs is 1. The number of rotatable bonds is 15. The third-order valence-electron chi connectivity index (χ3n) is 7.44. The van der Waals surface area contributed by atoms with Crippen LogP contribution in [0.25, 0.3) is 14.6 Å². The quantitative estimate of drug-likeness (QED) is 0.131. The van der Waals surface area contributed by atoms with Crippen molar-refractivity contribution in [2.75, 3.05) is 0 Å². The van der Waals surface area contributed by atoms with E-state index < -0.39 is 18.4 Å². The Morgan fingerprint density at radius 3 is 2.17 bits per heavy atom. The first-order chi connectivity index (χ1) is 17.3. The van der Waals surface area contributed by atoms with Crippen molar-refractivity contribution in [3.05, 3.63) is 51.5 Å². The number of aryl methyl sites for hydroxylation is 4. The van der Waals surface area contributed by atoms with E-state index >= 15 is 0 Å². The average Bonchev–Trinajstić information content (AvgIpc) is 3.41. The molecule has 0 bridgehead atoms. The fourth-order valence-corrected chi connectivity index (χ4v) is 22.5. The second-order valence-electron chi connectivity index (χ2n) is 10.4. The summed E-state index contributed by atoms with van der Waals surface area (Å²) in [5.74, 6) is 1.35. The summed E-state index contributed by atoms with van der Waals surface area (Å²) in [7, 11) is 1.70. The standard InChI is InChI=1S/C17H18N3O3.3C4H9.Sn/c1-11-9-13(10-14-16(11)23-20(3)17(14)21)7-5-4-6-8-15-19-18-12(2)22-15;3*1-3-4-2;/h5,9-10H,4,6,8H2,1-3H3;3*1,3-4H2,2H3;. The van der Waals surface area contributed by atoms with Gasteiger partial charge in [0.25, 0.3) is 0 Å². The predicted molar refractivity (Wildman–Crippen MR) is 151 cm³/mol. The van der Waals surface area contributed by atoms with Gasteiger partial charge < -0.3 is 0 Å². The molecule has 3 rings (SSSR count). The van der Waals surface area contributed by atoms with Crippen LogP contribution in [0.3, 0.4) is 0 Å². The first-order valence-electron chi connectivity index (χ1n) is 14.0. The molecule has 2 heterocycles. The predicted octanol–water partition coefficient (Wildman–Crippen LogP) is 7.93. The maximum absolute atomic E-state index is 12.9. The summed E-state index contributed by atoms with van der Waals surface area (Å²) in [5, 5.41) is 8.86. The van der Waals surface area contributed by atoms with Gasteiger partial charge in [0, 0.05) is 0 Å². The molecule has 2 aromatic heterocycles. The van der Waals surface area contributed by atoms with Gasteiger partial charge in [0.05, 0.1) is 0 Å². The minimum absolute atomic E-state index is 0.0439. The first kappa shape index (κ1) is 28.7. The monoisotopic (exact) mass is 603 g/mol. The van der Waals surface area contributed by atoms with Crippen LogP contribution in [-0.4, -0.2) is 33.3 Å². The zero-order valence-electron chi connectivity index (χ0n) is 23.3. The molecule has 0 saturated carbocycles. The van der Waals surface area contributed by atoms with Crippen LogP contribution in [0.1, 0.15) is 95.0 Å². The summed E-state index contributed by atoms with van der Waals surface area (Å²) < 4.78 is 18.5. The molecule has 198 valence electrons. The van der Waals surface area contributed by atoms with Crippen molar-refractivity contribution in [3.8, 4) is 0 Å². The molecule has 7 heteroatoms. The number of nitrogens with zero attached hydrogens (tertiary/aromatic N) is 3. The zero-order valence-corrected chi connectivity index (χ0v) is 26.1. The summed E-state index contributed by atoms with van der Waals surface area (Å²) in [4.78, 5) is 12.9. The molecule has 0 unspecified atom stereocenters. The molecule has 6 nitrogen and oxygen atoms in total. The normalized spacial score (nSPS) is 12.7. The zero-order chi connectivity index (χ0) is 26.1. The number of allylic oxidation sites excluding steroid dienone is 1. The van der Waals surface area contributed by atoms with Crippen LogP contribution in [0.2, 0.25) is 13.3 Å². The number of hydrogen-bond acceptors (Lipinski definition) is 5. The molecule has 0 radical (unpaired) electrons. The molecule has 0 aliphatic rings. The second kappa shape index (κ2) is 13.6. The number of hydrogen-bond donors (Lipinski definition) is 0. The van der Waals surface area contributed by atoms with Crippen LogP contribution in [0, 0.1) is 13.8 Å². The van der Waals surface area contributed by atoms with Crippen LogP contribution in [-0.2, 0) is 13.5 Å². The number of unbranched alkanes of at least 4 members (excludes halogenated alkanes) is 4. The van der Waals surface area contributed by atoms with Crippen LogP contribution in [0.15, 0.2) is 31.9 Å². The van der Waals surface area contributed by atoms with Gasteiger partial charge in [-0.1, -0.05) is 0 Å². The van der Waals surface area contributed by atoms with Gasteiger partial charge in [-0.25, -0.2) is 0 Å². The van der Waals surface area contributed by atoms with Crippen molar-refractivity contribution in [2.24, 2.45) is 7.05 Å². The van der Waals surface area contributed by atoms with Crippen LogP contribution < -0.4 is 5.56 Å². The third kappa shape index (κ3) is 6.93. The van der Waals surface area contributed by atoms with Crippen molar-refractivity contribution in [2.45, 2.75) is 106 Å². The summed E-state index contributed by atoms with van der Waals surface area (Å²) in [6, 6.07) is 4.42. The summed E-state index contributed by atoms with van der Waals surface area (Å²) in [6.07, 6.45) is 12.9. The van der Waals surface area contributed by atoms with Crippen LogP contribution >= 0.6 is 0 Å². The fraction of sp³-hybridized carbons (Fsp3) is 0.621. The Bertz CT molecular complexity index is 1180. The molecule has 0 aliphatic heterocycles.